The van der Waals surface area contributed by atoms with Crippen molar-refractivity contribution in [3.8, 4) is 0 Å². The maximum absolute atomic E-state index is 13.3. The number of fused-ring (bicyclic) bond motifs is 1. The van der Waals surface area contributed by atoms with Gasteiger partial charge < -0.3 is 13.9 Å². The molecule has 1 aromatic carbocycles. The normalized spacial score (nSPS) is 15.2. The first-order chi connectivity index (χ1) is 14.8. The summed E-state index contributed by atoms with van der Waals surface area (Å²) in [5.74, 6) is 0.568. The Labute approximate surface area is 180 Å². The lowest BCUT2D eigenvalue weighted by Gasteiger charge is -2.35. The minimum absolute atomic E-state index is 0.155. The Hall–Kier alpha value is -2.93. The molecule has 3 aromatic rings. The molecule has 0 saturated carbocycles. The number of carbonyl (C=O) groups excluding carboxylic acids is 1. The molecule has 1 amide bonds. The molecule has 3 heterocycles. The molecule has 0 bridgehead atoms. The van der Waals surface area contributed by atoms with E-state index in [0.717, 1.165) is 25.2 Å². The number of carbonyl (C=O) groups is 1. The van der Waals surface area contributed by atoms with Gasteiger partial charge in [-0.05, 0) is 36.6 Å². The van der Waals surface area contributed by atoms with Gasteiger partial charge in [-0.15, -0.1) is 0 Å². The van der Waals surface area contributed by atoms with Gasteiger partial charge in [0.25, 0.3) is 11.5 Å². The van der Waals surface area contributed by atoms with Crippen LogP contribution < -0.4 is 5.56 Å². The van der Waals surface area contributed by atoms with Crippen molar-refractivity contribution in [3.63, 3.8) is 0 Å². The van der Waals surface area contributed by atoms with E-state index in [9.17, 15) is 14.0 Å². The summed E-state index contributed by atoms with van der Waals surface area (Å²) in [7, 11) is 0. The van der Waals surface area contributed by atoms with Crippen LogP contribution in [0.5, 0.6) is 0 Å². The number of aromatic nitrogens is 1. The van der Waals surface area contributed by atoms with Crippen LogP contribution in [-0.4, -0.2) is 53.0 Å². The lowest BCUT2D eigenvalue weighted by atomic mass is 10.1. The fourth-order valence-corrected chi connectivity index (χ4v) is 4.24. The van der Waals surface area contributed by atoms with Gasteiger partial charge in [-0.1, -0.05) is 26.0 Å². The Kier molecular flexibility index (Phi) is 5.96. The minimum Gasteiger partial charge on any atom is -0.460 e. The van der Waals surface area contributed by atoms with Crippen LogP contribution in [0, 0.1) is 18.7 Å². The third kappa shape index (κ3) is 4.42. The van der Waals surface area contributed by atoms with Crippen molar-refractivity contribution < 1.29 is 13.6 Å². The van der Waals surface area contributed by atoms with E-state index in [1.54, 1.807) is 31.3 Å². The third-order valence-electron chi connectivity index (χ3n) is 5.75. The lowest BCUT2D eigenvalue weighted by Crippen LogP contribution is -2.49. The number of hydrogen-bond acceptors (Lipinski definition) is 4. The Morgan fingerprint density at radius 2 is 1.77 bits per heavy atom. The zero-order chi connectivity index (χ0) is 22.1. The average molecular weight is 426 g/mol. The SMILES string of the molecule is Cc1oc2ccn(Cc3ccc(F)cc3)c(=O)c2c1C(=O)N1CCN(CC(C)C)CC1. The highest BCUT2D eigenvalue weighted by Crippen LogP contribution is 2.25. The van der Waals surface area contributed by atoms with E-state index in [4.69, 9.17) is 4.42 Å². The van der Waals surface area contributed by atoms with E-state index in [-0.39, 0.29) is 17.3 Å². The Morgan fingerprint density at radius 1 is 1.10 bits per heavy atom. The quantitative estimate of drug-likeness (QED) is 0.628. The molecular weight excluding hydrogens is 397 g/mol. The first-order valence-electron chi connectivity index (χ1n) is 10.7. The van der Waals surface area contributed by atoms with Gasteiger partial charge in [0.05, 0.1) is 17.5 Å². The van der Waals surface area contributed by atoms with Gasteiger partial charge >= 0.3 is 0 Å². The molecule has 6 nitrogen and oxygen atoms in total. The molecule has 1 aliphatic rings. The van der Waals surface area contributed by atoms with Crippen molar-refractivity contribution in [2.75, 3.05) is 32.7 Å². The van der Waals surface area contributed by atoms with Gasteiger partial charge in [0.1, 0.15) is 17.2 Å². The molecule has 0 spiro atoms. The molecule has 1 aliphatic heterocycles. The van der Waals surface area contributed by atoms with Crippen molar-refractivity contribution in [3.05, 3.63) is 69.6 Å². The van der Waals surface area contributed by atoms with Crippen LogP contribution in [0.15, 0.2) is 45.7 Å². The molecule has 0 unspecified atom stereocenters. The van der Waals surface area contributed by atoms with Crippen LogP contribution in [0.2, 0.25) is 0 Å². The number of rotatable bonds is 5. The van der Waals surface area contributed by atoms with Crippen molar-refractivity contribution in [2.24, 2.45) is 5.92 Å². The highest BCUT2D eigenvalue weighted by atomic mass is 19.1. The zero-order valence-electron chi connectivity index (χ0n) is 18.2. The number of aryl methyl sites for hydroxylation is 1. The summed E-state index contributed by atoms with van der Waals surface area (Å²) >= 11 is 0. The number of amides is 1. The highest BCUT2D eigenvalue weighted by Gasteiger charge is 2.28. The first-order valence-corrected chi connectivity index (χ1v) is 10.7. The van der Waals surface area contributed by atoms with Crippen molar-refractivity contribution >= 4 is 16.9 Å². The van der Waals surface area contributed by atoms with E-state index in [0.29, 0.717) is 47.8 Å². The maximum Gasteiger partial charge on any atom is 0.262 e. The summed E-state index contributed by atoms with van der Waals surface area (Å²) in [4.78, 5) is 30.8. The monoisotopic (exact) mass is 425 g/mol. The van der Waals surface area contributed by atoms with Crippen LogP contribution in [0.1, 0.15) is 35.5 Å². The summed E-state index contributed by atoms with van der Waals surface area (Å²) in [5, 5.41) is 0.316. The summed E-state index contributed by atoms with van der Waals surface area (Å²) in [6.45, 7) is 10.3. The van der Waals surface area contributed by atoms with Crippen molar-refractivity contribution in [1.82, 2.24) is 14.4 Å². The highest BCUT2D eigenvalue weighted by molar-refractivity contribution is 6.06. The number of furan rings is 1. The Bertz CT molecular complexity index is 1140. The van der Waals surface area contributed by atoms with E-state index in [2.05, 4.69) is 18.7 Å². The van der Waals surface area contributed by atoms with E-state index >= 15 is 0 Å². The zero-order valence-corrected chi connectivity index (χ0v) is 18.2. The molecule has 31 heavy (non-hydrogen) atoms. The van der Waals surface area contributed by atoms with Crippen LogP contribution in [0.4, 0.5) is 4.39 Å². The van der Waals surface area contributed by atoms with Crippen LogP contribution in [0.3, 0.4) is 0 Å². The topological polar surface area (TPSA) is 58.7 Å². The van der Waals surface area contributed by atoms with Gasteiger partial charge in [-0.25, -0.2) is 4.39 Å². The van der Waals surface area contributed by atoms with Crippen molar-refractivity contribution in [2.45, 2.75) is 27.3 Å². The molecule has 2 aromatic heterocycles. The number of pyridine rings is 1. The van der Waals surface area contributed by atoms with Crippen LogP contribution in [0.25, 0.3) is 11.0 Å². The predicted octanol–water partition coefficient (Wildman–Crippen LogP) is 3.50. The average Bonchev–Trinajstić information content (AvgIpc) is 3.08. The standard InChI is InChI=1S/C24H28FN3O3/c1-16(2)14-26-10-12-27(13-11-26)23(29)21-17(3)31-20-8-9-28(24(30)22(20)21)15-18-4-6-19(25)7-5-18/h4-9,16H,10-15H2,1-3H3. The molecular formula is C24H28FN3O3. The molecule has 0 aliphatic carbocycles. The number of piperazine rings is 1. The van der Waals surface area contributed by atoms with Crippen molar-refractivity contribution in [1.29, 1.82) is 0 Å². The van der Waals surface area contributed by atoms with Gasteiger partial charge in [0.2, 0.25) is 0 Å². The van der Waals surface area contributed by atoms with Gasteiger partial charge in [-0.2, -0.15) is 0 Å². The summed E-state index contributed by atoms with van der Waals surface area (Å²) in [6, 6.07) is 7.75. The molecule has 0 N–H and O–H groups in total. The summed E-state index contributed by atoms with van der Waals surface area (Å²) in [6.07, 6.45) is 1.65. The molecule has 4 rings (SSSR count). The van der Waals surface area contributed by atoms with Gasteiger partial charge in [0.15, 0.2) is 0 Å². The fraction of sp³-hybridized carbons (Fsp3) is 0.417. The smallest absolute Gasteiger partial charge is 0.262 e. The Balaban J connectivity index is 1.62. The molecule has 7 heteroatoms. The second-order valence-corrected chi connectivity index (χ2v) is 8.63. The molecule has 164 valence electrons. The number of benzene rings is 1. The predicted molar refractivity (Wildman–Crippen MR) is 118 cm³/mol. The molecule has 0 atom stereocenters. The van der Waals surface area contributed by atoms with E-state index in [1.807, 2.05) is 4.90 Å². The van der Waals surface area contributed by atoms with Gasteiger partial charge in [0, 0.05) is 38.9 Å². The van der Waals surface area contributed by atoms with Gasteiger partial charge in [-0.3, -0.25) is 14.5 Å². The lowest BCUT2D eigenvalue weighted by molar-refractivity contribution is 0.0623. The number of halogens is 1. The second-order valence-electron chi connectivity index (χ2n) is 8.63. The summed E-state index contributed by atoms with van der Waals surface area (Å²) in [5.41, 5.74) is 1.29. The Morgan fingerprint density at radius 3 is 2.42 bits per heavy atom. The van der Waals surface area contributed by atoms with Crippen LogP contribution >= 0.6 is 0 Å². The number of nitrogens with zero attached hydrogens (tertiary/aromatic N) is 3. The minimum atomic E-state index is -0.321. The molecule has 1 fully saturated rings. The third-order valence-corrected chi connectivity index (χ3v) is 5.75. The second kappa shape index (κ2) is 8.67. The molecule has 0 radical (unpaired) electrons. The fourth-order valence-electron chi connectivity index (χ4n) is 4.24. The van der Waals surface area contributed by atoms with Crippen LogP contribution in [-0.2, 0) is 6.54 Å². The largest absolute Gasteiger partial charge is 0.460 e. The number of hydrogen-bond donors (Lipinski definition) is 0. The van der Waals surface area contributed by atoms with E-state index in [1.165, 1.54) is 16.7 Å². The van der Waals surface area contributed by atoms with E-state index < -0.39 is 0 Å². The maximum atomic E-state index is 13.3. The molecule has 1 saturated heterocycles. The first kappa shape index (κ1) is 21.3. The summed E-state index contributed by atoms with van der Waals surface area (Å²) < 4.78 is 20.5.